The summed E-state index contributed by atoms with van der Waals surface area (Å²) in [6.45, 7) is 2.70. The second kappa shape index (κ2) is 6.29. The molecule has 1 aliphatic heterocycles. The smallest absolute Gasteiger partial charge is 0.252 e. The Bertz CT molecular complexity index is 974. The first-order chi connectivity index (χ1) is 12.0. The molecule has 0 radical (unpaired) electrons. The molecule has 0 bridgehead atoms. The van der Waals surface area contributed by atoms with Gasteiger partial charge in [0.15, 0.2) is 5.76 Å². The van der Waals surface area contributed by atoms with Gasteiger partial charge in [-0.15, -0.1) is 11.3 Å². The van der Waals surface area contributed by atoms with Crippen LogP contribution in [0.3, 0.4) is 0 Å². The Balaban J connectivity index is 1.43. The molecular formula is C17H16N2O4S2. The summed E-state index contributed by atoms with van der Waals surface area (Å²) in [4.78, 5) is 0.740. The summed E-state index contributed by atoms with van der Waals surface area (Å²) in [6.07, 6.45) is 1.41. The van der Waals surface area contributed by atoms with Gasteiger partial charge in [0.05, 0.1) is 24.2 Å². The van der Waals surface area contributed by atoms with Gasteiger partial charge in [0, 0.05) is 6.07 Å². The normalized spacial score (nSPS) is 15.9. The number of aryl methyl sites for hydroxylation is 1. The van der Waals surface area contributed by atoms with E-state index in [1.165, 1.54) is 21.8 Å². The number of benzene rings is 1. The zero-order valence-corrected chi connectivity index (χ0v) is 15.1. The van der Waals surface area contributed by atoms with Crippen molar-refractivity contribution < 1.29 is 17.7 Å². The fourth-order valence-corrected chi connectivity index (χ4v) is 5.54. The van der Waals surface area contributed by atoms with Gasteiger partial charge in [-0.1, -0.05) is 17.3 Å². The summed E-state index contributed by atoms with van der Waals surface area (Å²) in [6, 6.07) is 12.8. The van der Waals surface area contributed by atoms with Crippen LogP contribution in [0.1, 0.15) is 5.56 Å². The van der Waals surface area contributed by atoms with Gasteiger partial charge in [0.2, 0.25) is 0 Å². The third-order valence-corrected chi connectivity index (χ3v) is 7.36. The first kappa shape index (κ1) is 16.3. The minimum Gasteiger partial charge on any atom is -0.488 e. The average molecular weight is 376 g/mol. The number of sulfonamides is 1. The highest BCUT2D eigenvalue weighted by atomic mass is 32.2. The average Bonchev–Trinajstić information content (AvgIpc) is 3.20. The number of rotatable bonds is 5. The lowest BCUT2D eigenvalue weighted by atomic mass is 10.2. The van der Waals surface area contributed by atoms with Gasteiger partial charge in [-0.3, -0.25) is 0 Å². The number of hydrogen-bond acceptors (Lipinski definition) is 6. The molecule has 1 aliphatic rings. The molecule has 4 rings (SSSR count). The van der Waals surface area contributed by atoms with E-state index < -0.39 is 10.0 Å². The topological polar surface area (TPSA) is 72.6 Å². The maximum absolute atomic E-state index is 12.7. The van der Waals surface area contributed by atoms with E-state index in [9.17, 15) is 8.42 Å². The van der Waals surface area contributed by atoms with Gasteiger partial charge in [0.25, 0.3) is 10.0 Å². The van der Waals surface area contributed by atoms with Crippen molar-refractivity contribution in [3.05, 3.63) is 54.2 Å². The first-order valence-corrected chi connectivity index (χ1v) is 10.0. The van der Waals surface area contributed by atoms with Crippen molar-refractivity contribution in [2.24, 2.45) is 0 Å². The zero-order chi connectivity index (χ0) is 17.4. The molecule has 25 heavy (non-hydrogen) atoms. The van der Waals surface area contributed by atoms with Crippen LogP contribution in [0.15, 0.2) is 57.4 Å². The second-order valence-electron chi connectivity index (χ2n) is 5.87. The van der Waals surface area contributed by atoms with E-state index in [2.05, 4.69) is 5.16 Å². The highest BCUT2D eigenvalue weighted by Crippen LogP contribution is 2.34. The maximum Gasteiger partial charge on any atom is 0.252 e. The van der Waals surface area contributed by atoms with E-state index in [0.29, 0.717) is 23.1 Å². The molecular weight excluding hydrogens is 360 g/mol. The number of thiophene rings is 1. The molecule has 1 aromatic carbocycles. The first-order valence-electron chi connectivity index (χ1n) is 7.77. The Hall–Kier alpha value is -2.16. The molecule has 130 valence electrons. The van der Waals surface area contributed by atoms with Crippen LogP contribution in [-0.2, 0) is 10.0 Å². The molecule has 3 aromatic rings. The van der Waals surface area contributed by atoms with Gasteiger partial charge >= 0.3 is 0 Å². The third kappa shape index (κ3) is 3.20. The minimum atomic E-state index is -3.50. The maximum atomic E-state index is 12.7. The summed E-state index contributed by atoms with van der Waals surface area (Å²) in [5.41, 5.74) is 1.11. The minimum absolute atomic E-state index is 0.120. The number of ether oxygens (including phenoxy) is 1. The van der Waals surface area contributed by atoms with Gasteiger partial charge in [0.1, 0.15) is 16.1 Å². The predicted octanol–water partition coefficient (Wildman–Crippen LogP) is 3.16. The molecule has 1 saturated heterocycles. The van der Waals surface area contributed by atoms with Crippen LogP contribution < -0.4 is 4.74 Å². The van der Waals surface area contributed by atoms with E-state index in [1.807, 2.05) is 31.2 Å². The molecule has 0 N–H and O–H groups in total. The fraction of sp³-hybridized carbons (Fsp3) is 0.235. The second-order valence-corrected chi connectivity index (χ2v) is 9.12. The predicted molar refractivity (Wildman–Crippen MR) is 94.2 cm³/mol. The van der Waals surface area contributed by atoms with E-state index >= 15 is 0 Å². The van der Waals surface area contributed by atoms with E-state index in [-0.39, 0.29) is 6.10 Å². The highest BCUT2D eigenvalue weighted by Gasteiger charge is 2.39. The Labute approximate surface area is 149 Å². The molecule has 0 spiro atoms. The Morgan fingerprint density at radius 3 is 2.80 bits per heavy atom. The third-order valence-electron chi connectivity index (χ3n) is 3.96. The summed E-state index contributed by atoms with van der Waals surface area (Å²) < 4.78 is 38.0. The van der Waals surface area contributed by atoms with E-state index in [4.69, 9.17) is 9.26 Å². The summed E-state index contributed by atoms with van der Waals surface area (Å²) in [5, 5.41) is 3.64. The molecule has 0 unspecified atom stereocenters. The van der Waals surface area contributed by atoms with Crippen LogP contribution in [0.4, 0.5) is 0 Å². The van der Waals surface area contributed by atoms with Crippen molar-refractivity contribution in [3.8, 4) is 16.4 Å². The highest BCUT2D eigenvalue weighted by molar-refractivity contribution is 7.91. The standard InChI is InChI=1S/C17H16N2O4S2/c1-12-3-2-4-13(9-12)22-14-10-19(11-14)25(20,21)17-6-5-16(24-17)15-7-8-18-23-15/h2-9,14H,10-11H2,1H3. The lowest BCUT2D eigenvalue weighted by Crippen LogP contribution is -2.55. The molecule has 0 saturated carbocycles. The van der Waals surface area contributed by atoms with Gasteiger partial charge < -0.3 is 9.26 Å². The van der Waals surface area contributed by atoms with Crippen molar-refractivity contribution >= 4 is 21.4 Å². The van der Waals surface area contributed by atoms with Crippen LogP contribution in [-0.4, -0.2) is 37.1 Å². The van der Waals surface area contributed by atoms with Crippen molar-refractivity contribution in [1.29, 1.82) is 0 Å². The van der Waals surface area contributed by atoms with Gasteiger partial charge in [-0.2, -0.15) is 4.31 Å². The van der Waals surface area contributed by atoms with E-state index in [1.54, 1.807) is 18.2 Å². The zero-order valence-electron chi connectivity index (χ0n) is 13.5. The molecule has 0 atom stereocenters. The van der Waals surface area contributed by atoms with Crippen molar-refractivity contribution in [2.45, 2.75) is 17.2 Å². The van der Waals surface area contributed by atoms with E-state index in [0.717, 1.165) is 16.2 Å². The van der Waals surface area contributed by atoms with Crippen molar-refractivity contribution in [3.63, 3.8) is 0 Å². The largest absolute Gasteiger partial charge is 0.488 e. The van der Waals surface area contributed by atoms with Crippen LogP contribution in [0.25, 0.3) is 10.6 Å². The van der Waals surface area contributed by atoms with Crippen LogP contribution in [0.2, 0.25) is 0 Å². The summed E-state index contributed by atoms with van der Waals surface area (Å²) in [5.74, 6) is 1.33. The van der Waals surface area contributed by atoms with Crippen molar-refractivity contribution in [1.82, 2.24) is 9.46 Å². The SMILES string of the molecule is Cc1cccc(OC2CN(S(=O)(=O)c3ccc(-c4ccno4)s3)C2)c1. The lowest BCUT2D eigenvalue weighted by Gasteiger charge is -2.37. The Morgan fingerprint density at radius 1 is 1.24 bits per heavy atom. The quantitative estimate of drug-likeness (QED) is 0.684. The van der Waals surface area contributed by atoms with Crippen LogP contribution >= 0.6 is 11.3 Å². The monoisotopic (exact) mass is 376 g/mol. The Kier molecular flexibility index (Phi) is 4.10. The molecule has 0 amide bonds. The molecule has 6 nitrogen and oxygen atoms in total. The van der Waals surface area contributed by atoms with Crippen LogP contribution in [0, 0.1) is 6.92 Å². The van der Waals surface area contributed by atoms with Crippen molar-refractivity contribution in [2.75, 3.05) is 13.1 Å². The Morgan fingerprint density at radius 2 is 2.08 bits per heavy atom. The van der Waals surface area contributed by atoms with Gasteiger partial charge in [-0.25, -0.2) is 8.42 Å². The number of aromatic nitrogens is 1. The summed E-state index contributed by atoms with van der Waals surface area (Å²) in [7, 11) is -3.50. The van der Waals surface area contributed by atoms with Gasteiger partial charge in [-0.05, 0) is 36.8 Å². The molecule has 0 aliphatic carbocycles. The molecule has 1 fully saturated rings. The van der Waals surface area contributed by atoms with Crippen LogP contribution in [0.5, 0.6) is 5.75 Å². The molecule has 8 heteroatoms. The lowest BCUT2D eigenvalue weighted by molar-refractivity contribution is 0.0763. The number of hydrogen-bond donors (Lipinski definition) is 0. The number of nitrogens with zero attached hydrogens (tertiary/aromatic N) is 2. The molecule has 3 heterocycles. The summed E-state index contributed by atoms with van der Waals surface area (Å²) >= 11 is 1.18. The molecule has 2 aromatic heterocycles. The fourth-order valence-electron chi connectivity index (χ4n) is 2.61.